The summed E-state index contributed by atoms with van der Waals surface area (Å²) in [5, 5.41) is 3.17. The van der Waals surface area contributed by atoms with E-state index in [1.807, 2.05) is 0 Å². The van der Waals surface area contributed by atoms with Crippen molar-refractivity contribution in [3.05, 3.63) is 29.3 Å². The van der Waals surface area contributed by atoms with Gasteiger partial charge in [-0.3, -0.25) is 9.69 Å². The minimum Gasteiger partial charge on any atom is -0.324 e. The predicted octanol–water partition coefficient (Wildman–Crippen LogP) is 3.61. The largest absolute Gasteiger partial charge is 0.324 e. The van der Waals surface area contributed by atoms with Crippen molar-refractivity contribution in [1.29, 1.82) is 0 Å². The molecule has 8 heteroatoms. The van der Waals surface area contributed by atoms with E-state index in [9.17, 15) is 13.2 Å². The Morgan fingerprint density at radius 3 is 1.84 bits per heavy atom. The van der Waals surface area contributed by atoms with Gasteiger partial charge in [-0.2, -0.15) is 17.0 Å². The van der Waals surface area contributed by atoms with E-state index in [-0.39, 0.29) is 12.5 Å². The average molecular weight is 465 g/mol. The molecular weight excluding hydrogens is 424 g/mol. The molecule has 1 aromatic rings. The third-order valence-electron chi connectivity index (χ3n) is 6.55. The van der Waals surface area contributed by atoms with Gasteiger partial charge in [-0.1, -0.05) is 58.7 Å². The molecule has 2 heterocycles. The van der Waals surface area contributed by atoms with Crippen molar-refractivity contribution in [3.63, 3.8) is 0 Å². The highest BCUT2D eigenvalue weighted by Gasteiger charge is 2.33. The normalized spacial score (nSPS) is 19.9. The van der Waals surface area contributed by atoms with Gasteiger partial charge in [0, 0.05) is 45.0 Å². The van der Waals surface area contributed by atoms with Crippen molar-refractivity contribution in [2.45, 2.75) is 65.2 Å². The molecule has 0 saturated carbocycles. The smallest absolute Gasteiger partial charge is 0.282 e. The number of benzene rings is 1. The van der Waals surface area contributed by atoms with Crippen molar-refractivity contribution in [1.82, 2.24) is 13.5 Å². The van der Waals surface area contributed by atoms with Gasteiger partial charge in [-0.05, 0) is 35.8 Å². The lowest BCUT2D eigenvalue weighted by atomic mass is 9.92. The zero-order chi connectivity index (χ0) is 23.3. The number of carbonyl (C=O) groups excluding carboxylic acids is 1. The van der Waals surface area contributed by atoms with E-state index < -0.39 is 10.2 Å². The first-order valence-electron chi connectivity index (χ1n) is 12.1. The van der Waals surface area contributed by atoms with Gasteiger partial charge in [-0.15, -0.1) is 0 Å². The van der Waals surface area contributed by atoms with E-state index in [4.69, 9.17) is 0 Å². The molecule has 32 heavy (non-hydrogen) atoms. The minimum atomic E-state index is -3.40. The Hall–Kier alpha value is -1.48. The van der Waals surface area contributed by atoms with E-state index in [1.54, 1.807) is 8.61 Å². The predicted molar refractivity (Wildman–Crippen MR) is 130 cm³/mol. The summed E-state index contributed by atoms with van der Waals surface area (Å²) < 4.78 is 29.3. The molecule has 0 bridgehead atoms. The monoisotopic (exact) mass is 464 g/mol. The maximum atomic E-state index is 13.0. The molecule has 2 fully saturated rings. The first kappa shape index (κ1) is 25.1. The zero-order valence-electron chi connectivity index (χ0n) is 20.1. The van der Waals surface area contributed by atoms with Gasteiger partial charge in [0.25, 0.3) is 10.2 Å². The van der Waals surface area contributed by atoms with Gasteiger partial charge >= 0.3 is 0 Å². The summed E-state index contributed by atoms with van der Waals surface area (Å²) in [5.41, 5.74) is 3.24. The topological polar surface area (TPSA) is 73.0 Å². The SMILES string of the molecule is CC(C)c1cccc(C(C)C)c1NC(=O)CN1CCN(S(=O)(=O)N2CCCCCC2)CC1. The van der Waals surface area contributed by atoms with Crippen molar-refractivity contribution in [3.8, 4) is 0 Å². The van der Waals surface area contributed by atoms with Gasteiger partial charge in [0.2, 0.25) is 5.91 Å². The number of anilines is 1. The number of para-hydroxylation sites is 1. The van der Waals surface area contributed by atoms with Gasteiger partial charge in [0.05, 0.1) is 6.54 Å². The number of carbonyl (C=O) groups is 1. The number of hydrogen-bond donors (Lipinski definition) is 1. The van der Waals surface area contributed by atoms with Gasteiger partial charge < -0.3 is 5.32 Å². The second-order valence-electron chi connectivity index (χ2n) is 9.67. The van der Waals surface area contributed by atoms with Gasteiger partial charge in [0.15, 0.2) is 0 Å². The number of amides is 1. The van der Waals surface area contributed by atoms with Crippen molar-refractivity contribution in [2.75, 3.05) is 51.1 Å². The quantitative estimate of drug-likeness (QED) is 0.669. The molecule has 1 amide bonds. The van der Waals surface area contributed by atoms with E-state index >= 15 is 0 Å². The summed E-state index contributed by atoms with van der Waals surface area (Å²) in [6, 6.07) is 6.22. The Morgan fingerprint density at radius 2 is 1.34 bits per heavy atom. The second-order valence-corrected chi connectivity index (χ2v) is 11.6. The lowest BCUT2D eigenvalue weighted by Gasteiger charge is -2.36. The first-order chi connectivity index (χ1) is 15.2. The van der Waals surface area contributed by atoms with Crippen LogP contribution >= 0.6 is 0 Å². The lowest BCUT2D eigenvalue weighted by Crippen LogP contribution is -2.54. The van der Waals surface area contributed by atoms with Crippen LogP contribution < -0.4 is 5.32 Å². The van der Waals surface area contributed by atoms with Gasteiger partial charge in [0.1, 0.15) is 0 Å². The Labute approximate surface area is 194 Å². The third kappa shape index (κ3) is 6.10. The molecule has 2 saturated heterocycles. The van der Waals surface area contributed by atoms with Crippen LogP contribution in [-0.4, -0.2) is 73.6 Å². The molecular formula is C24H40N4O3S. The molecule has 0 aliphatic carbocycles. The van der Waals surface area contributed by atoms with Crippen LogP contribution in [-0.2, 0) is 15.0 Å². The highest BCUT2D eigenvalue weighted by molar-refractivity contribution is 7.86. The Kier molecular flexibility index (Phi) is 8.72. The van der Waals surface area contributed by atoms with Crippen molar-refractivity contribution in [2.24, 2.45) is 0 Å². The number of hydrogen-bond acceptors (Lipinski definition) is 4. The van der Waals surface area contributed by atoms with E-state index in [2.05, 4.69) is 56.1 Å². The zero-order valence-corrected chi connectivity index (χ0v) is 21.0. The van der Waals surface area contributed by atoms with Crippen LogP contribution in [0.1, 0.15) is 76.3 Å². The highest BCUT2D eigenvalue weighted by Crippen LogP contribution is 2.32. The third-order valence-corrected chi connectivity index (χ3v) is 8.59. The van der Waals surface area contributed by atoms with Crippen LogP contribution in [0.25, 0.3) is 0 Å². The number of rotatable bonds is 7. The van der Waals surface area contributed by atoms with Crippen LogP contribution in [0.4, 0.5) is 5.69 Å². The summed E-state index contributed by atoms with van der Waals surface area (Å²) in [6.07, 6.45) is 4.09. The molecule has 0 aromatic heterocycles. The summed E-state index contributed by atoms with van der Waals surface area (Å²) in [7, 11) is -3.40. The standard InChI is InChI=1S/C24H40N4O3S/c1-19(2)21-10-9-11-22(20(3)4)24(21)25-23(29)18-26-14-16-28(17-15-26)32(30,31)27-12-7-5-6-8-13-27/h9-11,19-20H,5-8,12-18H2,1-4H3,(H,25,29). The second kappa shape index (κ2) is 11.1. The average Bonchev–Trinajstić information content (AvgIpc) is 3.04. The minimum absolute atomic E-state index is 0.0381. The molecule has 2 aliphatic heterocycles. The fourth-order valence-corrected chi connectivity index (χ4v) is 6.30. The molecule has 1 N–H and O–H groups in total. The molecule has 180 valence electrons. The van der Waals surface area contributed by atoms with Gasteiger partial charge in [-0.25, -0.2) is 0 Å². The van der Waals surface area contributed by atoms with Crippen molar-refractivity contribution >= 4 is 21.8 Å². The molecule has 0 unspecified atom stereocenters. The number of nitrogens with zero attached hydrogens (tertiary/aromatic N) is 3. The molecule has 2 aliphatic rings. The molecule has 7 nitrogen and oxygen atoms in total. The Morgan fingerprint density at radius 1 is 0.844 bits per heavy atom. The maximum Gasteiger partial charge on any atom is 0.282 e. The summed E-state index contributed by atoms with van der Waals surface area (Å²) in [6.45, 7) is 12.1. The van der Waals surface area contributed by atoms with Crippen LogP contribution in [0.15, 0.2) is 18.2 Å². The summed E-state index contributed by atoms with van der Waals surface area (Å²) >= 11 is 0. The molecule has 0 spiro atoms. The Bertz CT molecular complexity index is 843. The Balaban J connectivity index is 1.58. The molecule has 1 aromatic carbocycles. The van der Waals surface area contributed by atoms with Crippen LogP contribution in [0.3, 0.4) is 0 Å². The summed E-state index contributed by atoms with van der Waals surface area (Å²) in [4.78, 5) is 15.0. The van der Waals surface area contributed by atoms with E-state index in [1.165, 1.54) is 0 Å². The fraction of sp³-hybridized carbons (Fsp3) is 0.708. The fourth-order valence-electron chi connectivity index (χ4n) is 4.63. The van der Waals surface area contributed by atoms with Crippen LogP contribution in [0, 0.1) is 0 Å². The molecule has 0 atom stereocenters. The summed E-state index contributed by atoms with van der Waals surface area (Å²) in [5.74, 6) is 0.595. The molecule has 0 radical (unpaired) electrons. The maximum absolute atomic E-state index is 13.0. The van der Waals surface area contributed by atoms with Crippen molar-refractivity contribution < 1.29 is 13.2 Å². The van der Waals surface area contributed by atoms with E-state index in [0.717, 1.165) is 42.5 Å². The van der Waals surface area contributed by atoms with Crippen LogP contribution in [0.5, 0.6) is 0 Å². The van der Waals surface area contributed by atoms with E-state index in [0.29, 0.717) is 51.1 Å². The lowest BCUT2D eigenvalue weighted by molar-refractivity contribution is -0.117. The van der Waals surface area contributed by atoms with Crippen LogP contribution in [0.2, 0.25) is 0 Å². The highest BCUT2D eigenvalue weighted by atomic mass is 32.2. The number of nitrogens with one attached hydrogen (secondary N) is 1. The number of piperazine rings is 1. The first-order valence-corrected chi connectivity index (χ1v) is 13.5. The molecule has 3 rings (SSSR count).